The van der Waals surface area contributed by atoms with Gasteiger partial charge in [0.15, 0.2) is 0 Å². The van der Waals surface area contributed by atoms with Crippen molar-refractivity contribution in [1.29, 1.82) is 0 Å². The van der Waals surface area contributed by atoms with E-state index in [1.54, 1.807) is 26.0 Å². The largest absolute Gasteiger partial charge is 0.465 e. The van der Waals surface area contributed by atoms with Crippen molar-refractivity contribution in [2.75, 3.05) is 18.4 Å². The molecular weight excluding hydrogens is 432 g/mol. The van der Waals surface area contributed by atoms with Crippen molar-refractivity contribution in [3.8, 4) is 0 Å². The normalized spacial score (nSPS) is 15.7. The van der Waals surface area contributed by atoms with Gasteiger partial charge in [-0.3, -0.25) is 4.79 Å². The van der Waals surface area contributed by atoms with Crippen LogP contribution in [0.4, 0.5) is 5.69 Å². The second kappa shape index (κ2) is 7.77. The molecule has 0 bridgehead atoms. The van der Waals surface area contributed by atoms with Crippen LogP contribution >= 0.6 is 15.9 Å². The summed E-state index contributed by atoms with van der Waals surface area (Å²) >= 11 is 3.37. The van der Waals surface area contributed by atoms with Gasteiger partial charge in [-0.25, -0.2) is 8.42 Å². The molecule has 1 aromatic carbocycles. The molecule has 146 valence electrons. The van der Waals surface area contributed by atoms with Gasteiger partial charge in [-0.15, -0.1) is 0 Å². The molecule has 27 heavy (non-hydrogen) atoms. The molecule has 1 fully saturated rings. The van der Waals surface area contributed by atoms with Crippen LogP contribution in [0, 0.1) is 20.8 Å². The summed E-state index contributed by atoms with van der Waals surface area (Å²) in [5, 5.41) is 2.83. The van der Waals surface area contributed by atoms with Crippen molar-refractivity contribution in [3.63, 3.8) is 0 Å². The van der Waals surface area contributed by atoms with Crippen molar-refractivity contribution in [3.05, 3.63) is 45.3 Å². The van der Waals surface area contributed by atoms with E-state index in [2.05, 4.69) is 21.2 Å². The molecule has 0 atom stereocenters. The maximum atomic E-state index is 12.9. The lowest BCUT2D eigenvalue weighted by molar-refractivity contribution is 0.102. The molecule has 0 aliphatic carbocycles. The van der Waals surface area contributed by atoms with Crippen LogP contribution < -0.4 is 5.32 Å². The number of carbonyl (C=O) groups excluding carboxylic acids is 1. The molecule has 1 aliphatic rings. The molecule has 1 N–H and O–H groups in total. The van der Waals surface area contributed by atoms with Crippen molar-refractivity contribution >= 4 is 37.5 Å². The number of halogens is 1. The Labute approximate surface area is 168 Å². The minimum absolute atomic E-state index is 0.199. The number of nitrogens with one attached hydrogen (secondary N) is 1. The van der Waals surface area contributed by atoms with Gasteiger partial charge in [-0.05, 0) is 67.2 Å². The van der Waals surface area contributed by atoms with Crippen LogP contribution in [-0.2, 0) is 10.0 Å². The summed E-state index contributed by atoms with van der Waals surface area (Å²) in [6.45, 7) is 6.40. The number of amides is 1. The third-order valence-corrected chi connectivity index (χ3v) is 7.67. The fraction of sp³-hybridized carbons (Fsp3) is 0.421. The number of hydrogen-bond donors (Lipinski definition) is 1. The van der Waals surface area contributed by atoms with E-state index < -0.39 is 10.0 Å². The third kappa shape index (κ3) is 3.97. The summed E-state index contributed by atoms with van der Waals surface area (Å²) in [6.07, 6.45) is 2.81. The molecule has 1 saturated heterocycles. The first kappa shape index (κ1) is 20.1. The summed E-state index contributed by atoms with van der Waals surface area (Å²) in [5.41, 5.74) is 1.68. The van der Waals surface area contributed by atoms with Crippen molar-refractivity contribution in [1.82, 2.24) is 4.31 Å². The van der Waals surface area contributed by atoms with E-state index in [1.165, 1.54) is 10.4 Å². The molecular formula is C19H23BrN2O4S. The monoisotopic (exact) mass is 454 g/mol. The van der Waals surface area contributed by atoms with Crippen LogP contribution in [-0.4, -0.2) is 31.7 Å². The van der Waals surface area contributed by atoms with E-state index in [4.69, 9.17) is 4.42 Å². The molecule has 0 spiro atoms. The zero-order chi connectivity index (χ0) is 19.8. The van der Waals surface area contributed by atoms with Crippen molar-refractivity contribution < 1.29 is 17.6 Å². The number of carbonyl (C=O) groups is 1. The molecule has 1 aliphatic heterocycles. The van der Waals surface area contributed by atoms with Crippen LogP contribution in [0.5, 0.6) is 0 Å². The lowest BCUT2D eigenvalue weighted by atomic mass is 10.1. The Hall–Kier alpha value is -1.64. The minimum Gasteiger partial charge on any atom is -0.465 e. The first-order chi connectivity index (χ1) is 12.7. The quantitative estimate of drug-likeness (QED) is 0.742. The lowest BCUT2D eigenvalue weighted by Gasteiger charge is -2.26. The Morgan fingerprint density at radius 1 is 1.11 bits per heavy atom. The number of benzene rings is 1. The number of nitrogens with zero attached hydrogens (tertiary/aromatic N) is 1. The summed E-state index contributed by atoms with van der Waals surface area (Å²) in [5.74, 6) is 0.786. The Balaban J connectivity index is 1.90. The molecule has 0 unspecified atom stereocenters. The molecule has 3 rings (SSSR count). The van der Waals surface area contributed by atoms with Gasteiger partial charge in [0, 0.05) is 18.8 Å². The zero-order valence-electron chi connectivity index (χ0n) is 15.6. The highest BCUT2D eigenvalue weighted by molar-refractivity contribution is 9.10. The summed E-state index contributed by atoms with van der Waals surface area (Å²) in [6, 6.07) is 4.85. The maximum absolute atomic E-state index is 12.9. The number of aryl methyl sites for hydroxylation is 3. The van der Waals surface area contributed by atoms with Gasteiger partial charge in [-0.2, -0.15) is 4.31 Å². The van der Waals surface area contributed by atoms with Gasteiger partial charge < -0.3 is 9.73 Å². The van der Waals surface area contributed by atoms with Gasteiger partial charge >= 0.3 is 0 Å². The van der Waals surface area contributed by atoms with Crippen LogP contribution in [0.15, 0.2) is 32.0 Å². The van der Waals surface area contributed by atoms with E-state index in [1.807, 2.05) is 6.92 Å². The van der Waals surface area contributed by atoms with Gasteiger partial charge in [0.1, 0.15) is 11.5 Å². The maximum Gasteiger partial charge on any atom is 0.260 e. The Morgan fingerprint density at radius 3 is 2.37 bits per heavy atom. The summed E-state index contributed by atoms with van der Waals surface area (Å²) < 4.78 is 33.4. The van der Waals surface area contributed by atoms with Crippen LogP contribution in [0.25, 0.3) is 0 Å². The van der Waals surface area contributed by atoms with E-state index in [9.17, 15) is 13.2 Å². The minimum atomic E-state index is -3.56. The Morgan fingerprint density at radius 2 is 1.78 bits per heavy atom. The average molecular weight is 455 g/mol. The van der Waals surface area contributed by atoms with E-state index in [0.29, 0.717) is 40.3 Å². The molecule has 1 amide bonds. The van der Waals surface area contributed by atoms with Gasteiger partial charge in [0.25, 0.3) is 5.91 Å². The molecule has 8 heteroatoms. The fourth-order valence-corrected chi connectivity index (χ4v) is 5.34. The number of anilines is 1. The Bertz CT molecular complexity index is 976. The standard InChI is InChI=1S/C19H23BrN2O4S/c1-12-7-8-15(27(24,25)22-9-5-4-6-10-22)11-16(12)21-19(23)17-13(2)26-14(3)18(17)20/h7-8,11H,4-6,9-10H2,1-3H3,(H,21,23). The fourth-order valence-electron chi connectivity index (χ4n) is 3.25. The predicted octanol–water partition coefficient (Wildman–Crippen LogP) is 4.39. The molecule has 2 aromatic rings. The molecule has 6 nitrogen and oxygen atoms in total. The first-order valence-electron chi connectivity index (χ1n) is 8.89. The van der Waals surface area contributed by atoms with Crippen molar-refractivity contribution in [2.45, 2.75) is 44.9 Å². The number of piperidine rings is 1. The van der Waals surface area contributed by atoms with Crippen molar-refractivity contribution in [2.24, 2.45) is 0 Å². The molecule has 1 aromatic heterocycles. The number of furan rings is 1. The predicted molar refractivity (Wildman–Crippen MR) is 108 cm³/mol. The second-order valence-corrected chi connectivity index (χ2v) is 9.53. The topological polar surface area (TPSA) is 79.6 Å². The Kier molecular flexibility index (Phi) is 5.79. The SMILES string of the molecule is Cc1ccc(S(=O)(=O)N2CCCCC2)cc1NC(=O)c1c(C)oc(C)c1Br. The highest BCUT2D eigenvalue weighted by atomic mass is 79.9. The van der Waals surface area contributed by atoms with E-state index in [-0.39, 0.29) is 10.8 Å². The van der Waals surface area contributed by atoms with E-state index >= 15 is 0 Å². The summed E-state index contributed by atoms with van der Waals surface area (Å²) in [7, 11) is -3.56. The van der Waals surface area contributed by atoms with Gasteiger partial charge in [-0.1, -0.05) is 12.5 Å². The number of sulfonamides is 1. The molecule has 0 saturated carbocycles. The number of hydrogen-bond acceptors (Lipinski definition) is 4. The second-order valence-electron chi connectivity index (χ2n) is 6.80. The number of rotatable bonds is 4. The average Bonchev–Trinajstić information content (AvgIpc) is 2.89. The van der Waals surface area contributed by atoms with Gasteiger partial charge in [0.05, 0.1) is 14.9 Å². The zero-order valence-corrected chi connectivity index (χ0v) is 18.0. The highest BCUT2D eigenvalue weighted by Gasteiger charge is 2.27. The molecule has 2 heterocycles. The van der Waals surface area contributed by atoms with Crippen LogP contribution in [0.3, 0.4) is 0 Å². The lowest BCUT2D eigenvalue weighted by Crippen LogP contribution is -2.35. The molecule has 0 radical (unpaired) electrons. The smallest absolute Gasteiger partial charge is 0.260 e. The van der Waals surface area contributed by atoms with Gasteiger partial charge in [0.2, 0.25) is 10.0 Å². The van der Waals surface area contributed by atoms with Crippen LogP contribution in [0.2, 0.25) is 0 Å². The highest BCUT2D eigenvalue weighted by Crippen LogP contribution is 2.30. The first-order valence-corrected chi connectivity index (χ1v) is 11.1. The van der Waals surface area contributed by atoms with E-state index in [0.717, 1.165) is 24.8 Å². The summed E-state index contributed by atoms with van der Waals surface area (Å²) in [4.78, 5) is 12.9. The van der Waals surface area contributed by atoms with Crippen LogP contribution in [0.1, 0.15) is 46.7 Å². The third-order valence-electron chi connectivity index (χ3n) is 4.82.